The SMILES string of the molecule is CCC(=O)N1C[C@@]2(N)C[C@@]2(C(F)(F)F)C1. The number of hydrogen-bond acceptors (Lipinski definition) is 2. The lowest BCUT2D eigenvalue weighted by molar-refractivity contribution is -0.189. The summed E-state index contributed by atoms with van der Waals surface area (Å²) in [6.07, 6.45) is -4.12. The van der Waals surface area contributed by atoms with Gasteiger partial charge in [0.05, 0.1) is 5.54 Å². The lowest BCUT2D eigenvalue weighted by atomic mass is 10.0. The molecule has 0 bridgehead atoms. The van der Waals surface area contributed by atoms with Gasteiger partial charge in [0.2, 0.25) is 5.91 Å². The predicted molar refractivity (Wildman–Crippen MR) is 46.9 cm³/mol. The number of carbonyl (C=O) groups is 1. The topological polar surface area (TPSA) is 46.3 Å². The zero-order valence-electron chi connectivity index (χ0n) is 8.40. The minimum atomic E-state index is -4.30. The molecule has 0 unspecified atom stereocenters. The molecule has 1 saturated carbocycles. The standard InChI is InChI=1S/C9H13F3N2O/c1-2-6(15)14-4-7(9(10,11)12)3-8(7,13)5-14/h2-5,13H2,1H3/t7-,8+/m1/s1. The van der Waals surface area contributed by atoms with Crippen molar-refractivity contribution in [2.45, 2.75) is 31.5 Å². The van der Waals surface area contributed by atoms with E-state index in [0.29, 0.717) is 0 Å². The van der Waals surface area contributed by atoms with Crippen LogP contribution in [0.15, 0.2) is 0 Å². The summed E-state index contributed by atoms with van der Waals surface area (Å²) in [6, 6.07) is 0. The number of piperidine rings is 1. The molecular weight excluding hydrogens is 209 g/mol. The lowest BCUT2D eigenvalue weighted by Gasteiger charge is -2.21. The molecule has 3 nitrogen and oxygen atoms in total. The van der Waals surface area contributed by atoms with E-state index in [9.17, 15) is 18.0 Å². The van der Waals surface area contributed by atoms with E-state index in [2.05, 4.69) is 0 Å². The van der Waals surface area contributed by atoms with Crippen LogP contribution >= 0.6 is 0 Å². The molecule has 2 fully saturated rings. The Morgan fingerprint density at radius 3 is 2.47 bits per heavy atom. The normalized spacial score (nSPS) is 39.1. The van der Waals surface area contributed by atoms with E-state index in [1.165, 1.54) is 4.90 Å². The summed E-state index contributed by atoms with van der Waals surface area (Å²) in [7, 11) is 0. The molecular formula is C9H13F3N2O. The van der Waals surface area contributed by atoms with Crippen molar-refractivity contribution in [3.8, 4) is 0 Å². The van der Waals surface area contributed by atoms with E-state index < -0.39 is 17.1 Å². The second-order valence-electron chi connectivity index (χ2n) is 4.52. The Balaban J connectivity index is 2.18. The first-order chi connectivity index (χ1) is 6.76. The van der Waals surface area contributed by atoms with Gasteiger partial charge in [0.1, 0.15) is 5.41 Å². The van der Waals surface area contributed by atoms with Crippen LogP contribution in [0.3, 0.4) is 0 Å². The molecule has 1 saturated heterocycles. The van der Waals surface area contributed by atoms with Crippen molar-refractivity contribution in [3.63, 3.8) is 0 Å². The zero-order chi connectivity index (χ0) is 11.5. The summed E-state index contributed by atoms with van der Waals surface area (Å²) in [6.45, 7) is 1.41. The van der Waals surface area contributed by atoms with Crippen LogP contribution in [0.2, 0.25) is 0 Å². The Hall–Kier alpha value is -0.780. The minimum Gasteiger partial charge on any atom is -0.340 e. The molecule has 86 valence electrons. The maximum Gasteiger partial charge on any atom is 0.398 e. The third kappa shape index (κ3) is 1.20. The average molecular weight is 222 g/mol. The van der Waals surface area contributed by atoms with E-state index >= 15 is 0 Å². The Kier molecular flexibility index (Phi) is 1.91. The van der Waals surface area contributed by atoms with Gasteiger partial charge in [-0.05, 0) is 6.42 Å². The number of carbonyl (C=O) groups excluding carboxylic acids is 1. The predicted octanol–water partition coefficient (Wildman–Crippen LogP) is 0.889. The maximum absolute atomic E-state index is 12.8. The molecule has 1 aliphatic heterocycles. The molecule has 0 spiro atoms. The first-order valence-electron chi connectivity index (χ1n) is 4.89. The molecule has 1 aliphatic carbocycles. The van der Waals surface area contributed by atoms with Crippen LogP contribution < -0.4 is 5.73 Å². The van der Waals surface area contributed by atoms with Crippen LogP contribution in [-0.4, -0.2) is 35.6 Å². The number of nitrogens with two attached hydrogens (primary N) is 1. The van der Waals surface area contributed by atoms with Gasteiger partial charge in [-0.1, -0.05) is 6.92 Å². The second-order valence-corrected chi connectivity index (χ2v) is 4.52. The van der Waals surface area contributed by atoms with Gasteiger partial charge >= 0.3 is 6.18 Å². The number of amides is 1. The van der Waals surface area contributed by atoms with Crippen molar-refractivity contribution in [1.82, 2.24) is 4.90 Å². The molecule has 0 aromatic heterocycles. The van der Waals surface area contributed by atoms with Crippen molar-refractivity contribution >= 4 is 5.91 Å². The number of rotatable bonds is 1. The quantitative estimate of drug-likeness (QED) is 0.716. The van der Waals surface area contributed by atoms with E-state index in [1.54, 1.807) is 6.92 Å². The average Bonchev–Trinajstić information content (AvgIpc) is 2.59. The van der Waals surface area contributed by atoms with Crippen LogP contribution in [0.5, 0.6) is 0 Å². The third-order valence-electron chi connectivity index (χ3n) is 3.58. The molecule has 2 rings (SSSR count). The number of alkyl halides is 3. The highest BCUT2D eigenvalue weighted by molar-refractivity contribution is 5.77. The number of nitrogens with zero attached hydrogens (tertiary/aromatic N) is 1. The van der Waals surface area contributed by atoms with Gasteiger partial charge < -0.3 is 10.6 Å². The summed E-state index contributed by atoms with van der Waals surface area (Å²) in [5, 5.41) is 0. The van der Waals surface area contributed by atoms with Gasteiger partial charge in [-0.25, -0.2) is 0 Å². The van der Waals surface area contributed by atoms with Gasteiger partial charge in [-0.15, -0.1) is 0 Å². The van der Waals surface area contributed by atoms with Crippen molar-refractivity contribution in [1.29, 1.82) is 0 Å². The van der Waals surface area contributed by atoms with Gasteiger partial charge in [0.15, 0.2) is 0 Å². The molecule has 0 aromatic carbocycles. The van der Waals surface area contributed by atoms with Crippen molar-refractivity contribution in [2.75, 3.05) is 13.1 Å². The monoisotopic (exact) mass is 222 g/mol. The molecule has 6 heteroatoms. The van der Waals surface area contributed by atoms with Crippen LogP contribution in [0.4, 0.5) is 13.2 Å². The van der Waals surface area contributed by atoms with Gasteiger partial charge in [-0.3, -0.25) is 4.79 Å². The van der Waals surface area contributed by atoms with E-state index in [0.717, 1.165) is 0 Å². The molecule has 15 heavy (non-hydrogen) atoms. The van der Waals surface area contributed by atoms with Crippen molar-refractivity contribution in [2.24, 2.45) is 11.1 Å². The van der Waals surface area contributed by atoms with Crippen LogP contribution in [-0.2, 0) is 4.79 Å². The van der Waals surface area contributed by atoms with Gasteiger partial charge in [-0.2, -0.15) is 13.2 Å². The molecule has 2 aliphatic rings. The van der Waals surface area contributed by atoms with Crippen LogP contribution in [0.1, 0.15) is 19.8 Å². The Bertz CT molecular complexity index is 317. The molecule has 1 heterocycles. The maximum atomic E-state index is 12.8. The second kappa shape index (κ2) is 2.66. The highest BCUT2D eigenvalue weighted by atomic mass is 19.4. The highest BCUT2D eigenvalue weighted by Gasteiger charge is 2.82. The Labute approximate surface area is 85.4 Å². The van der Waals surface area contributed by atoms with Gasteiger partial charge in [0.25, 0.3) is 0 Å². The smallest absolute Gasteiger partial charge is 0.340 e. The fourth-order valence-corrected chi connectivity index (χ4v) is 2.51. The zero-order valence-corrected chi connectivity index (χ0v) is 8.40. The van der Waals surface area contributed by atoms with Crippen molar-refractivity contribution < 1.29 is 18.0 Å². The summed E-state index contributed by atoms with van der Waals surface area (Å²) in [5.41, 5.74) is 2.59. The van der Waals surface area contributed by atoms with E-state index in [-0.39, 0.29) is 31.8 Å². The minimum absolute atomic E-state index is 0.0409. The molecule has 2 atom stereocenters. The summed E-state index contributed by atoms with van der Waals surface area (Å²) < 4.78 is 38.3. The summed E-state index contributed by atoms with van der Waals surface area (Å²) in [5.74, 6) is -0.254. The van der Waals surface area contributed by atoms with E-state index in [4.69, 9.17) is 5.73 Å². The van der Waals surface area contributed by atoms with Crippen molar-refractivity contribution in [3.05, 3.63) is 0 Å². The van der Waals surface area contributed by atoms with Crippen LogP contribution in [0.25, 0.3) is 0 Å². The number of fused-ring (bicyclic) bond motifs is 1. The molecule has 0 radical (unpaired) electrons. The largest absolute Gasteiger partial charge is 0.398 e. The highest BCUT2D eigenvalue weighted by Crippen LogP contribution is 2.67. The van der Waals surface area contributed by atoms with Gasteiger partial charge in [0, 0.05) is 19.5 Å². The molecule has 0 aromatic rings. The lowest BCUT2D eigenvalue weighted by Crippen LogP contribution is -2.38. The summed E-state index contributed by atoms with van der Waals surface area (Å²) >= 11 is 0. The first-order valence-corrected chi connectivity index (χ1v) is 4.89. The molecule has 1 amide bonds. The molecule has 2 N–H and O–H groups in total. The fraction of sp³-hybridized carbons (Fsp3) is 0.889. The Morgan fingerprint density at radius 2 is 2.07 bits per heavy atom. The first kappa shape index (κ1) is 10.7. The Morgan fingerprint density at radius 1 is 1.47 bits per heavy atom. The summed E-state index contributed by atoms with van der Waals surface area (Å²) in [4.78, 5) is 12.5. The number of hydrogen-bond donors (Lipinski definition) is 1. The van der Waals surface area contributed by atoms with Crippen LogP contribution in [0, 0.1) is 5.41 Å². The number of halogens is 3. The van der Waals surface area contributed by atoms with E-state index in [1.807, 2.05) is 0 Å². The number of likely N-dealkylation sites (tertiary alicyclic amines) is 1. The fourth-order valence-electron chi connectivity index (χ4n) is 2.51. The third-order valence-corrected chi connectivity index (χ3v) is 3.58.